The van der Waals surface area contributed by atoms with E-state index in [0.717, 1.165) is 43.9 Å². The molecule has 2 aromatic carbocycles. The number of hydrogen-bond acceptors (Lipinski definition) is 3. The van der Waals surface area contributed by atoms with Crippen LogP contribution in [-0.2, 0) is 16.1 Å². The molecule has 1 N–H and O–H groups in total. The zero-order chi connectivity index (χ0) is 24.5. The molecule has 1 aromatic heterocycles. The van der Waals surface area contributed by atoms with E-state index in [-0.39, 0.29) is 29.7 Å². The summed E-state index contributed by atoms with van der Waals surface area (Å²) in [5, 5.41) is 8.03. The Morgan fingerprint density at radius 1 is 0.971 bits per heavy atom. The van der Waals surface area contributed by atoms with Gasteiger partial charge in [-0.15, -0.1) is 0 Å². The Balaban J connectivity index is 1.58. The maximum Gasteiger partial charge on any atom is 0.255 e. The third-order valence-electron chi connectivity index (χ3n) is 6.82. The van der Waals surface area contributed by atoms with Crippen molar-refractivity contribution in [3.05, 3.63) is 89.5 Å². The minimum Gasteiger partial charge on any atom is -0.324 e. The molecule has 1 aliphatic carbocycles. The Morgan fingerprint density at radius 3 is 2.46 bits per heavy atom. The van der Waals surface area contributed by atoms with Crippen molar-refractivity contribution in [2.75, 3.05) is 9.80 Å². The Kier molecular flexibility index (Phi) is 6.19. The summed E-state index contributed by atoms with van der Waals surface area (Å²) >= 11 is 0. The highest BCUT2D eigenvalue weighted by atomic mass is 19.1. The second kappa shape index (κ2) is 9.44. The number of nitrogens with one attached hydrogen (secondary N) is 1. The highest BCUT2D eigenvalue weighted by Gasteiger charge is 2.45. The summed E-state index contributed by atoms with van der Waals surface area (Å²) in [6.07, 6.45) is 6.34. The molecule has 0 bridgehead atoms. The van der Waals surface area contributed by atoms with Gasteiger partial charge in [0, 0.05) is 35.2 Å². The lowest BCUT2D eigenvalue weighted by Crippen LogP contribution is -2.46. The van der Waals surface area contributed by atoms with E-state index in [1.165, 1.54) is 39.9 Å². The van der Waals surface area contributed by atoms with Gasteiger partial charge in [0.25, 0.3) is 5.91 Å². The van der Waals surface area contributed by atoms with Gasteiger partial charge in [-0.25, -0.2) is 8.78 Å². The normalized spacial score (nSPS) is 17.9. The number of benzene rings is 2. The second-order valence-electron chi connectivity index (χ2n) is 9.06. The van der Waals surface area contributed by atoms with Gasteiger partial charge in [-0.3, -0.25) is 19.9 Å². The number of carbonyl (C=O) groups excluding carboxylic acids is 2. The van der Waals surface area contributed by atoms with Crippen LogP contribution in [0.4, 0.5) is 20.2 Å². The first kappa shape index (κ1) is 23.0. The fourth-order valence-corrected chi connectivity index (χ4v) is 5.21. The van der Waals surface area contributed by atoms with Crippen LogP contribution in [0.5, 0.6) is 0 Å². The maximum absolute atomic E-state index is 14.3. The second-order valence-corrected chi connectivity index (χ2v) is 9.06. The number of hydrogen-bond donors (Lipinski definition) is 1. The van der Waals surface area contributed by atoms with Gasteiger partial charge in [0.1, 0.15) is 29.7 Å². The minimum atomic E-state index is -0.961. The number of pyridine rings is 1. The summed E-state index contributed by atoms with van der Waals surface area (Å²) < 4.78 is 29.1. The van der Waals surface area contributed by atoms with Gasteiger partial charge in [-0.1, -0.05) is 43.5 Å². The molecule has 0 radical (unpaired) electrons. The first-order chi connectivity index (χ1) is 16.9. The molecule has 0 spiro atoms. The van der Waals surface area contributed by atoms with Crippen molar-refractivity contribution in [3.8, 4) is 0 Å². The van der Waals surface area contributed by atoms with E-state index in [1.807, 2.05) is 29.2 Å². The van der Waals surface area contributed by atoms with Crippen molar-refractivity contribution in [1.29, 1.82) is 5.41 Å². The molecule has 0 saturated heterocycles. The van der Waals surface area contributed by atoms with Crippen molar-refractivity contribution in [3.63, 3.8) is 0 Å². The zero-order valence-corrected chi connectivity index (χ0v) is 19.2. The van der Waals surface area contributed by atoms with Crippen molar-refractivity contribution < 1.29 is 18.4 Å². The van der Waals surface area contributed by atoms with Crippen LogP contribution in [0, 0.1) is 17.0 Å². The molecule has 5 rings (SSSR count). The van der Waals surface area contributed by atoms with E-state index in [4.69, 9.17) is 5.41 Å². The number of aromatic nitrogens is 1. The number of fused-ring (bicyclic) bond motifs is 1. The van der Waals surface area contributed by atoms with Crippen LogP contribution in [0.2, 0.25) is 0 Å². The molecular weight excluding hydrogens is 450 g/mol. The summed E-state index contributed by atoms with van der Waals surface area (Å²) in [4.78, 5) is 30.8. The van der Waals surface area contributed by atoms with Gasteiger partial charge in [0.05, 0.1) is 0 Å². The number of halogens is 2. The Morgan fingerprint density at radius 2 is 1.71 bits per heavy atom. The summed E-state index contributed by atoms with van der Waals surface area (Å²) in [5.74, 6) is -1.83. The van der Waals surface area contributed by atoms with E-state index in [2.05, 4.69) is 0 Å². The van der Waals surface area contributed by atoms with E-state index in [1.54, 1.807) is 6.07 Å². The summed E-state index contributed by atoms with van der Waals surface area (Å²) in [6.45, 7) is -0.301. The molecule has 1 unspecified atom stereocenters. The molecule has 2 heterocycles. The molecule has 35 heavy (non-hydrogen) atoms. The first-order valence-electron chi connectivity index (χ1n) is 11.8. The highest BCUT2D eigenvalue weighted by Crippen LogP contribution is 2.44. The van der Waals surface area contributed by atoms with Gasteiger partial charge in [0.2, 0.25) is 5.91 Å². The molecular formula is C27H26F2N4O2. The van der Waals surface area contributed by atoms with Crippen molar-refractivity contribution in [2.24, 2.45) is 0 Å². The Bertz CT molecular complexity index is 1330. The SMILES string of the molecule is N=c1cc(F)ccn1CC(=O)N(c1cccc(F)c1)C1C(=O)N(C2CCCCC2)c2ccccc21. The lowest BCUT2D eigenvalue weighted by atomic mass is 9.94. The van der Waals surface area contributed by atoms with Crippen LogP contribution >= 0.6 is 0 Å². The van der Waals surface area contributed by atoms with Crippen molar-refractivity contribution >= 4 is 23.2 Å². The molecule has 6 nitrogen and oxygen atoms in total. The molecule has 180 valence electrons. The Labute approximate surface area is 201 Å². The zero-order valence-electron chi connectivity index (χ0n) is 19.2. The van der Waals surface area contributed by atoms with Gasteiger partial charge in [0.15, 0.2) is 0 Å². The first-order valence-corrected chi connectivity index (χ1v) is 11.8. The molecule has 2 aliphatic rings. The number of carbonyl (C=O) groups is 2. The van der Waals surface area contributed by atoms with Crippen molar-refractivity contribution in [1.82, 2.24) is 4.57 Å². The lowest BCUT2D eigenvalue weighted by Gasteiger charge is -2.33. The summed E-state index contributed by atoms with van der Waals surface area (Å²) in [5.41, 5.74) is 1.54. The van der Waals surface area contributed by atoms with Crippen LogP contribution in [0.25, 0.3) is 0 Å². The quantitative estimate of drug-likeness (QED) is 0.580. The number of rotatable bonds is 5. The fraction of sp³-hybridized carbons (Fsp3) is 0.296. The van der Waals surface area contributed by atoms with E-state index < -0.39 is 23.6 Å². The molecule has 1 aliphatic heterocycles. The average Bonchev–Trinajstić information content (AvgIpc) is 3.13. The molecule has 8 heteroatoms. The van der Waals surface area contributed by atoms with Crippen LogP contribution in [0.15, 0.2) is 66.9 Å². The number of para-hydroxylation sites is 1. The minimum absolute atomic E-state index is 0.0539. The fourth-order valence-electron chi connectivity index (χ4n) is 5.21. The van der Waals surface area contributed by atoms with E-state index in [0.29, 0.717) is 5.56 Å². The number of nitrogens with zero attached hydrogens (tertiary/aromatic N) is 3. The molecule has 1 saturated carbocycles. The Hall–Kier alpha value is -3.81. The van der Waals surface area contributed by atoms with E-state index >= 15 is 0 Å². The van der Waals surface area contributed by atoms with Crippen LogP contribution in [-0.4, -0.2) is 22.4 Å². The largest absolute Gasteiger partial charge is 0.324 e. The highest BCUT2D eigenvalue weighted by molar-refractivity contribution is 6.11. The van der Waals surface area contributed by atoms with Crippen molar-refractivity contribution in [2.45, 2.75) is 50.7 Å². The maximum atomic E-state index is 14.3. The summed E-state index contributed by atoms with van der Waals surface area (Å²) in [7, 11) is 0. The predicted octanol–water partition coefficient (Wildman–Crippen LogP) is 4.70. The lowest BCUT2D eigenvalue weighted by molar-refractivity contribution is -0.125. The molecule has 1 fully saturated rings. The standard InChI is InChI=1S/C27H26F2N4O2/c28-18-7-6-10-21(15-18)33(25(34)17-31-14-13-19(29)16-24(31)30)26-22-11-4-5-12-23(22)32(27(26)35)20-8-2-1-3-9-20/h4-7,10-16,20,26,30H,1-3,8-9,17H2. The number of anilines is 2. The van der Waals surface area contributed by atoms with Gasteiger partial charge in [-0.2, -0.15) is 0 Å². The topological polar surface area (TPSA) is 69.4 Å². The third-order valence-corrected chi connectivity index (χ3v) is 6.82. The van der Waals surface area contributed by atoms with Gasteiger partial charge < -0.3 is 9.47 Å². The van der Waals surface area contributed by atoms with E-state index in [9.17, 15) is 18.4 Å². The van der Waals surface area contributed by atoms with Crippen LogP contribution in [0.1, 0.15) is 43.7 Å². The monoisotopic (exact) mass is 476 g/mol. The number of amides is 2. The molecule has 1 atom stereocenters. The molecule has 2 amide bonds. The average molecular weight is 477 g/mol. The summed E-state index contributed by atoms with van der Waals surface area (Å²) in [6, 6.07) is 14.3. The van der Waals surface area contributed by atoms with Gasteiger partial charge >= 0.3 is 0 Å². The van der Waals surface area contributed by atoms with Crippen LogP contribution < -0.4 is 15.3 Å². The molecule has 3 aromatic rings. The predicted molar refractivity (Wildman–Crippen MR) is 128 cm³/mol. The van der Waals surface area contributed by atoms with Crippen LogP contribution in [0.3, 0.4) is 0 Å². The smallest absolute Gasteiger partial charge is 0.255 e. The van der Waals surface area contributed by atoms with Gasteiger partial charge in [-0.05, 0) is 43.2 Å². The third kappa shape index (κ3) is 4.36.